The van der Waals surface area contributed by atoms with E-state index in [9.17, 15) is 13.6 Å². The average Bonchev–Trinajstić information content (AvgIpc) is 2.37. The molecule has 2 aromatic carbocycles. The van der Waals surface area contributed by atoms with Gasteiger partial charge >= 0.3 is 0 Å². The summed E-state index contributed by atoms with van der Waals surface area (Å²) < 4.78 is 26.7. The van der Waals surface area contributed by atoms with Crippen LogP contribution in [0.4, 0.5) is 8.78 Å². The normalized spacial score (nSPS) is 10.2. The summed E-state index contributed by atoms with van der Waals surface area (Å²) in [6.45, 7) is 0. The minimum absolute atomic E-state index is 0.103. The highest BCUT2D eigenvalue weighted by atomic mass is 19.2. The van der Waals surface area contributed by atoms with Crippen molar-refractivity contribution in [1.29, 1.82) is 0 Å². The Balaban J connectivity index is 2.44. The van der Waals surface area contributed by atoms with Gasteiger partial charge in [-0.15, -0.1) is 0 Å². The van der Waals surface area contributed by atoms with Gasteiger partial charge in [0, 0.05) is 17.5 Å². The summed E-state index contributed by atoms with van der Waals surface area (Å²) in [4.78, 5) is 10.8. The molecule has 0 atom stereocenters. The van der Waals surface area contributed by atoms with Gasteiger partial charge in [-0.1, -0.05) is 30.3 Å². The van der Waals surface area contributed by atoms with E-state index in [0.717, 1.165) is 11.6 Å². The molecule has 0 heterocycles. The minimum atomic E-state index is -0.946. The predicted octanol–water partition coefficient (Wildman–Crippen LogP) is 3.37. The maximum absolute atomic E-state index is 13.6. The largest absolute Gasteiger partial charge is 0.298 e. The standard InChI is InChI=1S/C14H10F2O/c15-13-7-6-11(9-17)12(14(13)16)8-10-4-2-1-3-5-10/h1-7,9H,8H2. The topological polar surface area (TPSA) is 17.1 Å². The molecule has 0 amide bonds. The van der Waals surface area contributed by atoms with Crippen molar-refractivity contribution in [3.05, 3.63) is 70.8 Å². The van der Waals surface area contributed by atoms with E-state index in [0.29, 0.717) is 6.29 Å². The third-order valence-corrected chi connectivity index (χ3v) is 2.58. The number of hydrogen-bond acceptors (Lipinski definition) is 1. The van der Waals surface area contributed by atoms with Crippen molar-refractivity contribution in [2.45, 2.75) is 6.42 Å². The monoisotopic (exact) mass is 232 g/mol. The number of carbonyl (C=O) groups is 1. The molecule has 0 aliphatic rings. The fourth-order valence-corrected chi connectivity index (χ4v) is 1.70. The summed E-state index contributed by atoms with van der Waals surface area (Å²) in [6, 6.07) is 11.3. The van der Waals surface area contributed by atoms with E-state index in [1.165, 1.54) is 6.07 Å². The second-order valence-electron chi connectivity index (χ2n) is 3.71. The van der Waals surface area contributed by atoms with Crippen LogP contribution in [0.2, 0.25) is 0 Å². The van der Waals surface area contributed by atoms with E-state index in [2.05, 4.69) is 0 Å². The molecule has 0 fully saturated rings. The fourth-order valence-electron chi connectivity index (χ4n) is 1.70. The van der Waals surface area contributed by atoms with Gasteiger partial charge in [0.1, 0.15) is 6.29 Å². The van der Waals surface area contributed by atoms with E-state index in [1.54, 1.807) is 12.1 Å². The Morgan fingerprint density at radius 3 is 2.35 bits per heavy atom. The van der Waals surface area contributed by atoms with Gasteiger partial charge in [0.15, 0.2) is 11.6 Å². The number of carbonyl (C=O) groups excluding carboxylic acids is 1. The first-order valence-electron chi connectivity index (χ1n) is 5.18. The first-order valence-corrected chi connectivity index (χ1v) is 5.18. The van der Waals surface area contributed by atoms with E-state index in [4.69, 9.17) is 0 Å². The Morgan fingerprint density at radius 2 is 1.71 bits per heavy atom. The van der Waals surface area contributed by atoms with Crippen LogP contribution in [0, 0.1) is 11.6 Å². The summed E-state index contributed by atoms with van der Waals surface area (Å²) in [7, 11) is 0. The highest BCUT2D eigenvalue weighted by molar-refractivity contribution is 5.77. The Morgan fingerprint density at radius 1 is 1.00 bits per heavy atom. The lowest BCUT2D eigenvalue weighted by molar-refractivity contribution is 0.112. The third-order valence-electron chi connectivity index (χ3n) is 2.58. The maximum atomic E-state index is 13.6. The number of aldehydes is 1. The molecule has 3 heteroatoms. The lowest BCUT2D eigenvalue weighted by Gasteiger charge is -2.07. The van der Waals surface area contributed by atoms with Crippen molar-refractivity contribution >= 4 is 6.29 Å². The van der Waals surface area contributed by atoms with Crippen molar-refractivity contribution in [2.75, 3.05) is 0 Å². The summed E-state index contributed by atoms with van der Waals surface area (Å²) in [5, 5.41) is 0. The lowest BCUT2D eigenvalue weighted by atomic mass is 9.99. The van der Waals surface area contributed by atoms with Crippen molar-refractivity contribution in [3.8, 4) is 0 Å². The Kier molecular flexibility index (Phi) is 3.28. The zero-order chi connectivity index (χ0) is 12.3. The van der Waals surface area contributed by atoms with Gasteiger partial charge in [0.05, 0.1) is 0 Å². The van der Waals surface area contributed by atoms with Crippen LogP contribution in [0.25, 0.3) is 0 Å². The SMILES string of the molecule is O=Cc1ccc(F)c(F)c1Cc1ccccc1. The van der Waals surface area contributed by atoms with Gasteiger partial charge in [-0.3, -0.25) is 4.79 Å². The van der Waals surface area contributed by atoms with Crippen molar-refractivity contribution in [2.24, 2.45) is 0 Å². The summed E-state index contributed by atoms with van der Waals surface area (Å²) in [6.07, 6.45) is 0.749. The smallest absolute Gasteiger partial charge is 0.163 e. The second-order valence-corrected chi connectivity index (χ2v) is 3.71. The molecule has 2 rings (SSSR count). The maximum Gasteiger partial charge on any atom is 0.163 e. The molecule has 0 unspecified atom stereocenters. The zero-order valence-electron chi connectivity index (χ0n) is 8.99. The first kappa shape index (κ1) is 11.5. The average molecular weight is 232 g/mol. The van der Waals surface area contributed by atoms with E-state index in [-0.39, 0.29) is 17.5 Å². The molecule has 0 aromatic heterocycles. The quantitative estimate of drug-likeness (QED) is 0.741. The van der Waals surface area contributed by atoms with Crippen LogP contribution in [0.5, 0.6) is 0 Å². The molecule has 17 heavy (non-hydrogen) atoms. The van der Waals surface area contributed by atoms with Crippen molar-refractivity contribution in [1.82, 2.24) is 0 Å². The molecular formula is C14H10F2O. The molecule has 0 spiro atoms. The summed E-state index contributed by atoms with van der Waals surface area (Å²) in [5.41, 5.74) is 1.12. The molecule has 1 nitrogen and oxygen atoms in total. The summed E-state index contributed by atoms with van der Waals surface area (Å²) >= 11 is 0. The molecule has 0 aliphatic heterocycles. The fraction of sp³-hybridized carbons (Fsp3) is 0.0714. The molecule has 0 saturated carbocycles. The number of halogens is 2. The van der Waals surface area contributed by atoms with Crippen molar-refractivity contribution < 1.29 is 13.6 Å². The van der Waals surface area contributed by atoms with Crippen LogP contribution in [0.1, 0.15) is 21.5 Å². The second kappa shape index (κ2) is 4.87. The third kappa shape index (κ3) is 2.38. The molecule has 0 N–H and O–H groups in total. The van der Waals surface area contributed by atoms with Crippen LogP contribution >= 0.6 is 0 Å². The van der Waals surface area contributed by atoms with Gasteiger partial charge in [-0.25, -0.2) is 8.78 Å². The Hall–Kier alpha value is -2.03. The van der Waals surface area contributed by atoms with E-state index in [1.807, 2.05) is 18.2 Å². The van der Waals surface area contributed by atoms with Crippen LogP contribution in [0.15, 0.2) is 42.5 Å². The van der Waals surface area contributed by atoms with Crippen LogP contribution in [0.3, 0.4) is 0 Å². The van der Waals surface area contributed by atoms with Crippen LogP contribution < -0.4 is 0 Å². The Labute approximate surface area is 97.7 Å². The minimum Gasteiger partial charge on any atom is -0.298 e. The highest BCUT2D eigenvalue weighted by Gasteiger charge is 2.13. The van der Waals surface area contributed by atoms with Crippen LogP contribution in [-0.2, 0) is 6.42 Å². The Bertz CT molecular complexity index is 535. The molecule has 0 radical (unpaired) electrons. The van der Waals surface area contributed by atoms with Gasteiger partial charge in [0.2, 0.25) is 0 Å². The molecule has 86 valence electrons. The number of benzene rings is 2. The number of rotatable bonds is 3. The van der Waals surface area contributed by atoms with Gasteiger partial charge in [0.25, 0.3) is 0 Å². The first-order chi connectivity index (χ1) is 8.22. The summed E-state index contributed by atoms with van der Waals surface area (Å²) in [5.74, 6) is -1.88. The predicted molar refractivity (Wildman–Crippen MR) is 61.0 cm³/mol. The van der Waals surface area contributed by atoms with E-state index < -0.39 is 11.6 Å². The molecule has 0 saturated heterocycles. The lowest BCUT2D eigenvalue weighted by Crippen LogP contribution is -2.01. The van der Waals surface area contributed by atoms with E-state index >= 15 is 0 Å². The number of hydrogen-bond donors (Lipinski definition) is 0. The molecular weight excluding hydrogens is 222 g/mol. The molecule has 2 aromatic rings. The molecule has 0 bridgehead atoms. The van der Waals surface area contributed by atoms with Crippen molar-refractivity contribution in [3.63, 3.8) is 0 Å². The van der Waals surface area contributed by atoms with Crippen LogP contribution in [-0.4, -0.2) is 6.29 Å². The van der Waals surface area contributed by atoms with Gasteiger partial charge < -0.3 is 0 Å². The van der Waals surface area contributed by atoms with Gasteiger partial charge in [-0.2, -0.15) is 0 Å². The zero-order valence-corrected chi connectivity index (χ0v) is 8.99. The molecule has 0 aliphatic carbocycles. The van der Waals surface area contributed by atoms with Gasteiger partial charge in [-0.05, 0) is 17.7 Å². The highest BCUT2D eigenvalue weighted by Crippen LogP contribution is 2.19.